The van der Waals surface area contributed by atoms with Crippen LogP contribution in [0.5, 0.6) is 5.75 Å². The molecule has 1 N–H and O–H groups in total. The molecule has 1 aromatic carbocycles. The lowest BCUT2D eigenvalue weighted by Gasteiger charge is -2.01. The third-order valence-electron chi connectivity index (χ3n) is 3.48. The number of aryl methyl sites for hydroxylation is 1. The number of carbonyl (C=O) groups is 1. The molecule has 17 heavy (non-hydrogen) atoms. The SMILES string of the molecule is COc1cccc2c3c([nH]c12)C(=O)CCCC3. The zero-order valence-corrected chi connectivity index (χ0v) is 9.88. The van der Waals surface area contributed by atoms with Crippen molar-refractivity contribution < 1.29 is 9.53 Å². The summed E-state index contributed by atoms with van der Waals surface area (Å²) < 4.78 is 5.33. The Kier molecular flexibility index (Phi) is 2.39. The Morgan fingerprint density at radius 2 is 2.06 bits per heavy atom. The van der Waals surface area contributed by atoms with E-state index in [9.17, 15) is 4.79 Å². The number of ether oxygens (including phenoxy) is 1. The largest absolute Gasteiger partial charge is 0.495 e. The standard InChI is InChI=1S/C14H15NO2/c1-17-12-8-4-6-10-9-5-2-3-7-11(16)13(9)15-14(10)12/h4,6,8,15H,2-3,5,7H2,1H3. The summed E-state index contributed by atoms with van der Waals surface area (Å²) in [6, 6.07) is 5.96. The van der Waals surface area contributed by atoms with Gasteiger partial charge in [0.15, 0.2) is 5.78 Å². The zero-order valence-electron chi connectivity index (χ0n) is 9.88. The molecule has 3 nitrogen and oxygen atoms in total. The van der Waals surface area contributed by atoms with Gasteiger partial charge in [-0.1, -0.05) is 12.1 Å². The molecule has 3 heteroatoms. The van der Waals surface area contributed by atoms with Crippen molar-refractivity contribution >= 4 is 16.7 Å². The summed E-state index contributed by atoms with van der Waals surface area (Å²) in [6.45, 7) is 0. The van der Waals surface area contributed by atoms with Gasteiger partial charge in [-0.3, -0.25) is 4.79 Å². The Morgan fingerprint density at radius 3 is 2.88 bits per heavy atom. The third kappa shape index (κ3) is 1.54. The van der Waals surface area contributed by atoms with Gasteiger partial charge in [0.2, 0.25) is 0 Å². The van der Waals surface area contributed by atoms with E-state index in [1.165, 1.54) is 5.56 Å². The van der Waals surface area contributed by atoms with Crippen molar-refractivity contribution in [1.82, 2.24) is 4.98 Å². The highest BCUT2D eigenvalue weighted by Gasteiger charge is 2.21. The van der Waals surface area contributed by atoms with E-state index in [-0.39, 0.29) is 5.78 Å². The number of para-hydroxylation sites is 1. The molecule has 0 bridgehead atoms. The second kappa shape index (κ2) is 3.91. The van der Waals surface area contributed by atoms with E-state index in [0.717, 1.165) is 41.6 Å². The summed E-state index contributed by atoms with van der Waals surface area (Å²) in [6.07, 6.45) is 3.71. The molecule has 0 unspecified atom stereocenters. The maximum atomic E-state index is 12.0. The molecule has 3 rings (SSSR count). The van der Waals surface area contributed by atoms with Crippen molar-refractivity contribution in [2.45, 2.75) is 25.7 Å². The molecule has 0 saturated heterocycles. The number of aromatic nitrogens is 1. The Balaban J connectivity index is 2.30. The van der Waals surface area contributed by atoms with Gasteiger partial charge >= 0.3 is 0 Å². The first-order valence-electron chi connectivity index (χ1n) is 6.02. The van der Waals surface area contributed by atoms with E-state index >= 15 is 0 Å². The molecule has 1 heterocycles. The third-order valence-corrected chi connectivity index (χ3v) is 3.48. The summed E-state index contributed by atoms with van der Waals surface area (Å²) in [5.74, 6) is 1.04. The average Bonchev–Trinajstić information content (AvgIpc) is 2.63. The van der Waals surface area contributed by atoms with Crippen LogP contribution in [0.1, 0.15) is 35.3 Å². The van der Waals surface area contributed by atoms with Crippen LogP contribution in [0.25, 0.3) is 10.9 Å². The van der Waals surface area contributed by atoms with Gasteiger partial charge in [0, 0.05) is 11.8 Å². The number of hydrogen-bond donors (Lipinski definition) is 1. The summed E-state index contributed by atoms with van der Waals surface area (Å²) in [5, 5.41) is 1.13. The molecule has 1 aromatic heterocycles. The average molecular weight is 229 g/mol. The van der Waals surface area contributed by atoms with E-state index < -0.39 is 0 Å². The molecular formula is C14H15NO2. The number of hydrogen-bond acceptors (Lipinski definition) is 2. The van der Waals surface area contributed by atoms with E-state index in [4.69, 9.17) is 4.74 Å². The number of aromatic amines is 1. The smallest absolute Gasteiger partial charge is 0.179 e. The Bertz CT molecular complexity index is 583. The normalized spacial score (nSPS) is 15.7. The van der Waals surface area contributed by atoms with E-state index in [1.54, 1.807) is 7.11 Å². The molecule has 1 aliphatic carbocycles. The van der Waals surface area contributed by atoms with Crippen molar-refractivity contribution in [2.24, 2.45) is 0 Å². The van der Waals surface area contributed by atoms with Crippen LogP contribution in [-0.2, 0) is 6.42 Å². The number of benzene rings is 1. The minimum absolute atomic E-state index is 0.232. The Labute approximate surface area is 99.8 Å². The topological polar surface area (TPSA) is 42.1 Å². The van der Waals surface area contributed by atoms with Crippen molar-refractivity contribution in [2.75, 3.05) is 7.11 Å². The molecule has 2 aromatic rings. The highest BCUT2D eigenvalue weighted by atomic mass is 16.5. The minimum Gasteiger partial charge on any atom is -0.495 e. The van der Waals surface area contributed by atoms with Gasteiger partial charge in [-0.2, -0.15) is 0 Å². The number of fused-ring (bicyclic) bond motifs is 3. The highest BCUT2D eigenvalue weighted by molar-refractivity contribution is 6.03. The van der Waals surface area contributed by atoms with Crippen LogP contribution in [0.15, 0.2) is 18.2 Å². The maximum Gasteiger partial charge on any atom is 0.179 e. The first kappa shape index (κ1) is 10.4. The van der Waals surface area contributed by atoms with Crippen LogP contribution in [-0.4, -0.2) is 17.9 Å². The van der Waals surface area contributed by atoms with Crippen LogP contribution < -0.4 is 4.74 Å². The molecule has 88 valence electrons. The van der Waals surface area contributed by atoms with Gasteiger partial charge in [-0.15, -0.1) is 0 Å². The van der Waals surface area contributed by atoms with Gasteiger partial charge < -0.3 is 9.72 Å². The number of ketones is 1. The number of carbonyl (C=O) groups excluding carboxylic acids is 1. The maximum absolute atomic E-state index is 12.0. The monoisotopic (exact) mass is 229 g/mol. The van der Waals surface area contributed by atoms with Crippen molar-refractivity contribution in [3.8, 4) is 5.75 Å². The fourth-order valence-electron chi connectivity index (χ4n) is 2.63. The fourth-order valence-corrected chi connectivity index (χ4v) is 2.63. The fraction of sp³-hybridized carbons (Fsp3) is 0.357. The lowest BCUT2D eigenvalue weighted by Crippen LogP contribution is -1.98. The van der Waals surface area contributed by atoms with Gasteiger partial charge in [0.25, 0.3) is 0 Å². The Morgan fingerprint density at radius 1 is 1.24 bits per heavy atom. The molecular weight excluding hydrogens is 214 g/mol. The van der Waals surface area contributed by atoms with E-state index in [2.05, 4.69) is 11.1 Å². The zero-order chi connectivity index (χ0) is 11.8. The number of nitrogens with one attached hydrogen (secondary N) is 1. The lowest BCUT2D eigenvalue weighted by atomic mass is 10.1. The molecule has 0 saturated carbocycles. The van der Waals surface area contributed by atoms with Crippen molar-refractivity contribution in [3.63, 3.8) is 0 Å². The van der Waals surface area contributed by atoms with Crippen molar-refractivity contribution in [3.05, 3.63) is 29.5 Å². The van der Waals surface area contributed by atoms with Crippen LogP contribution in [0, 0.1) is 0 Å². The Hall–Kier alpha value is -1.77. The summed E-state index contributed by atoms with van der Waals surface area (Å²) >= 11 is 0. The number of H-pyrrole nitrogens is 1. The summed E-state index contributed by atoms with van der Waals surface area (Å²) in [5.41, 5.74) is 2.92. The van der Waals surface area contributed by atoms with E-state index in [1.807, 2.05) is 12.1 Å². The quantitative estimate of drug-likeness (QED) is 0.763. The molecule has 0 amide bonds. The predicted molar refractivity (Wildman–Crippen MR) is 66.7 cm³/mol. The second-order valence-corrected chi connectivity index (χ2v) is 4.49. The number of methoxy groups -OCH3 is 1. The molecule has 0 aliphatic heterocycles. The first-order chi connectivity index (χ1) is 8.31. The molecule has 0 radical (unpaired) electrons. The number of Topliss-reactive ketones (excluding diaryl/α,β-unsaturated/α-hetero) is 1. The highest BCUT2D eigenvalue weighted by Crippen LogP contribution is 2.32. The van der Waals surface area contributed by atoms with Crippen LogP contribution in [0.2, 0.25) is 0 Å². The first-order valence-corrected chi connectivity index (χ1v) is 6.02. The van der Waals surface area contributed by atoms with Gasteiger partial charge in [-0.05, 0) is 30.9 Å². The van der Waals surface area contributed by atoms with Crippen LogP contribution in [0.4, 0.5) is 0 Å². The van der Waals surface area contributed by atoms with E-state index in [0.29, 0.717) is 6.42 Å². The number of rotatable bonds is 1. The van der Waals surface area contributed by atoms with Gasteiger partial charge in [0.1, 0.15) is 5.75 Å². The molecule has 0 atom stereocenters. The van der Waals surface area contributed by atoms with Crippen LogP contribution >= 0.6 is 0 Å². The summed E-state index contributed by atoms with van der Waals surface area (Å²) in [7, 11) is 1.66. The predicted octanol–water partition coefficient (Wildman–Crippen LogP) is 3.09. The van der Waals surface area contributed by atoms with Crippen LogP contribution in [0.3, 0.4) is 0 Å². The second-order valence-electron chi connectivity index (χ2n) is 4.49. The van der Waals surface area contributed by atoms with Gasteiger partial charge in [-0.25, -0.2) is 0 Å². The lowest BCUT2D eigenvalue weighted by molar-refractivity contribution is 0.0978. The van der Waals surface area contributed by atoms with Gasteiger partial charge in [0.05, 0.1) is 18.3 Å². The molecule has 0 spiro atoms. The van der Waals surface area contributed by atoms with Crippen molar-refractivity contribution in [1.29, 1.82) is 0 Å². The molecule has 1 aliphatic rings. The summed E-state index contributed by atoms with van der Waals surface area (Å²) in [4.78, 5) is 15.3. The minimum atomic E-state index is 0.232. The molecule has 0 fully saturated rings.